The molecule has 0 heterocycles. The average Bonchev–Trinajstić information content (AvgIpc) is 3.47. The van der Waals surface area contributed by atoms with Crippen LogP contribution in [-0.2, 0) is 9.53 Å². The molecule has 0 atom stereocenters. The van der Waals surface area contributed by atoms with Crippen molar-refractivity contribution < 1.29 is 24.2 Å². The summed E-state index contributed by atoms with van der Waals surface area (Å²) >= 11 is 0. The van der Waals surface area contributed by atoms with Gasteiger partial charge in [0.05, 0.1) is 11.3 Å². The molecule has 0 aliphatic heterocycles. The number of carboxylic acid groups (broad SMARTS) is 1. The molecular weight excluding hydrogens is 444 g/mol. The van der Waals surface area contributed by atoms with Crippen molar-refractivity contribution in [2.45, 2.75) is 37.1 Å². The van der Waals surface area contributed by atoms with Crippen LogP contribution < -0.4 is 10.6 Å². The van der Waals surface area contributed by atoms with E-state index in [0.717, 1.165) is 35.1 Å². The van der Waals surface area contributed by atoms with Gasteiger partial charge in [-0.1, -0.05) is 73.5 Å². The van der Waals surface area contributed by atoms with E-state index in [1.54, 1.807) is 24.3 Å². The van der Waals surface area contributed by atoms with Gasteiger partial charge in [0.1, 0.15) is 12.1 Å². The minimum Gasteiger partial charge on any atom is -0.480 e. The zero-order chi connectivity index (χ0) is 24.4. The fourth-order valence-corrected chi connectivity index (χ4v) is 5.19. The van der Waals surface area contributed by atoms with Gasteiger partial charge in [0, 0.05) is 5.92 Å². The Labute approximate surface area is 203 Å². The summed E-state index contributed by atoms with van der Waals surface area (Å²) in [6, 6.07) is 22.7. The molecule has 0 bridgehead atoms. The molecule has 0 spiro atoms. The van der Waals surface area contributed by atoms with Crippen LogP contribution in [0.3, 0.4) is 0 Å². The molecule has 7 nitrogen and oxygen atoms in total. The number of hydrogen-bond acceptors (Lipinski definition) is 4. The second-order valence-electron chi connectivity index (χ2n) is 9.04. The number of fused-ring (bicyclic) bond motifs is 3. The minimum atomic E-state index is -1.27. The van der Waals surface area contributed by atoms with E-state index in [9.17, 15) is 19.5 Å². The third-order valence-corrected chi connectivity index (χ3v) is 6.97. The number of benzene rings is 3. The van der Waals surface area contributed by atoms with Crippen molar-refractivity contribution in [2.75, 3.05) is 11.9 Å². The van der Waals surface area contributed by atoms with E-state index in [1.165, 1.54) is 0 Å². The number of anilines is 1. The van der Waals surface area contributed by atoms with Gasteiger partial charge in [0.25, 0.3) is 5.91 Å². The van der Waals surface area contributed by atoms with Crippen molar-refractivity contribution in [3.63, 3.8) is 0 Å². The highest BCUT2D eigenvalue weighted by molar-refractivity contribution is 6.04. The monoisotopic (exact) mass is 470 g/mol. The van der Waals surface area contributed by atoms with Crippen molar-refractivity contribution in [3.05, 3.63) is 89.5 Å². The molecular formula is C28H26N2O5. The van der Waals surface area contributed by atoms with Crippen LogP contribution in [0.2, 0.25) is 0 Å². The number of carbonyl (C=O) groups is 3. The zero-order valence-electron chi connectivity index (χ0n) is 19.1. The number of nitrogens with one attached hydrogen (secondary N) is 2. The Morgan fingerprint density at radius 1 is 0.857 bits per heavy atom. The van der Waals surface area contributed by atoms with Gasteiger partial charge in [-0.05, 0) is 47.2 Å². The number of aliphatic carboxylic acids is 1. The molecule has 1 fully saturated rings. The van der Waals surface area contributed by atoms with E-state index in [0.29, 0.717) is 12.8 Å². The molecule has 2 aliphatic rings. The number of carboxylic acids is 1. The lowest BCUT2D eigenvalue weighted by atomic mass is 9.97. The van der Waals surface area contributed by atoms with E-state index < -0.39 is 23.5 Å². The Hall–Kier alpha value is -4.13. The van der Waals surface area contributed by atoms with Gasteiger partial charge < -0.3 is 15.2 Å². The first kappa shape index (κ1) is 22.7. The highest BCUT2D eigenvalue weighted by Crippen LogP contribution is 2.44. The molecule has 2 aliphatic carbocycles. The van der Waals surface area contributed by atoms with E-state index in [1.807, 2.05) is 36.4 Å². The number of ether oxygens (including phenoxy) is 1. The van der Waals surface area contributed by atoms with Crippen LogP contribution in [0.5, 0.6) is 0 Å². The van der Waals surface area contributed by atoms with E-state index in [-0.39, 0.29) is 23.8 Å². The van der Waals surface area contributed by atoms with Crippen molar-refractivity contribution in [1.82, 2.24) is 5.32 Å². The van der Waals surface area contributed by atoms with E-state index in [4.69, 9.17) is 4.74 Å². The van der Waals surface area contributed by atoms with Crippen LogP contribution in [0.1, 0.15) is 53.1 Å². The number of rotatable bonds is 6. The highest BCUT2D eigenvalue weighted by atomic mass is 16.5. The molecule has 0 unspecified atom stereocenters. The smallest absolute Gasteiger partial charge is 0.411 e. The minimum absolute atomic E-state index is 0.0792. The summed E-state index contributed by atoms with van der Waals surface area (Å²) in [6.45, 7) is 0.149. The first-order valence-electron chi connectivity index (χ1n) is 11.8. The summed E-state index contributed by atoms with van der Waals surface area (Å²) in [5.74, 6) is -1.65. The van der Waals surface area contributed by atoms with Gasteiger partial charge >= 0.3 is 12.1 Å². The predicted octanol–water partition coefficient (Wildman–Crippen LogP) is 5.17. The lowest BCUT2D eigenvalue weighted by Crippen LogP contribution is -2.52. The maximum atomic E-state index is 13.0. The Kier molecular flexibility index (Phi) is 5.99. The molecule has 7 heteroatoms. The number of hydrogen-bond donors (Lipinski definition) is 3. The standard InChI is InChI=1S/C28H26N2O5/c31-25(30-28(26(32)33)15-7-8-16-28)22-13-5-6-14-24(22)29-27(34)35-17-23-20-11-3-1-9-18(20)19-10-2-4-12-21(19)23/h1-6,9-14,23H,7-8,15-17H2,(H,29,34)(H,30,31)(H,32,33). The maximum Gasteiger partial charge on any atom is 0.411 e. The third kappa shape index (κ3) is 4.25. The molecule has 3 aromatic carbocycles. The second-order valence-corrected chi connectivity index (χ2v) is 9.04. The average molecular weight is 471 g/mol. The van der Waals surface area contributed by atoms with Crippen LogP contribution in [-0.4, -0.2) is 35.2 Å². The van der Waals surface area contributed by atoms with Gasteiger partial charge in [-0.15, -0.1) is 0 Å². The van der Waals surface area contributed by atoms with Crippen molar-refractivity contribution in [2.24, 2.45) is 0 Å². The Morgan fingerprint density at radius 3 is 2.06 bits per heavy atom. The van der Waals surface area contributed by atoms with Crippen LogP contribution >= 0.6 is 0 Å². The molecule has 3 N–H and O–H groups in total. The normalized spacial score (nSPS) is 15.7. The molecule has 178 valence electrons. The summed E-state index contributed by atoms with van der Waals surface area (Å²) in [5, 5.41) is 15.0. The highest BCUT2D eigenvalue weighted by Gasteiger charge is 2.43. The summed E-state index contributed by atoms with van der Waals surface area (Å²) in [6.07, 6.45) is 1.57. The molecule has 5 rings (SSSR count). The number of para-hydroxylation sites is 1. The first-order valence-corrected chi connectivity index (χ1v) is 11.8. The molecule has 0 saturated heterocycles. The lowest BCUT2D eigenvalue weighted by Gasteiger charge is -2.25. The summed E-state index contributed by atoms with van der Waals surface area (Å²) in [7, 11) is 0. The number of carbonyl (C=O) groups excluding carboxylic acids is 2. The van der Waals surface area contributed by atoms with Gasteiger partial charge in [-0.3, -0.25) is 10.1 Å². The fraction of sp³-hybridized carbons (Fsp3) is 0.250. The Bertz CT molecular complexity index is 1250. The molecule has 35 heavy (non-hydrogen) atoms. The summed E-state index contributed by atoms with van der Waals surface area (Å²) in [4.78, 5) is 37.5. The number of amides is 2. The zero-order valence-corrected chi connectivity index (χ0v) is 19.1. The van der Waals surface area contributed by atoms with Gasteiger partial charge in [0.2, 0.25) is 0 Å². The van der Waals surface area contributed by atoms with Crippen LogP contribution in [0, 0.1) is 0 Å². The largest absolute Gasteiger partial charge is 0.480 e. The van der Waals surface area contributed by atoms with Crippen molar-refractivity contribution >= 4 is 23.7 Å². The fourth-order valence-electron chi connectivity index (χ4n) is 5.19. The van der Waals surface area contributed by atoms with Gasteiger partial charge in [0.15, 0.2) is 0 Å². The first-order chi connectivity index (χ1) is 17.0. The molecule has 2 amide bonds. The lowest BCUT2D eigenvalue weighted by molar-refractivity contribution is -0.144. The van der Waals surface area contributed by atoms with Crippen LogP contribution in [0.15, 0.2) is 72.8 Å². The van der Waals surface area contributed by atoms with Crippen LogP contribution in [0.4, 0.5) is 10.5 Å². The van der Waals surface area contributed by atoms with Gasteiger partial charge in [-0.25, -0.2) is 9.59 Å². The topological polar surface area (TPSA) is 105 Å². The van der Waals surface area contributed by atoms with Crippen molar-refractivity contribution in [3.8, 4) is 11.1 Å². The van der Waals surface area contributed by atoms with Crippen molar-refractivity contribution in [1.29, 1.82) is 0 Å². The Balaban J connectivity index is 1.29. The quantitative estimate of drug-likeness (QED) is 0.461. The molecule has 3 aromatic rings. The SMILES string of the molecule is O=C(Nc1ccccc1C(=O)NC1(C(=O)O)CCCC1)OCC1c2ccccc2-c2ccccc21. The van der Waals surface area contributed by atoms with Crippen LogP contribution in [0.25, 0.3) is 11.1 Å². The Morgan fingerprint density at radius 2 is 1.43 bits per heavy atom. The predicted molar refractivity (Wildman–Crippen MR) is 131 cm³/mol. The maximum absolute atomic E-state index is 13.0. The molecule has 1 saturated carbocycles. The summed E-state index contributed by atoms with van der Waals surface area (Å²) in [5.41, 5.74) is 3.67. The third-order valence-electron chi connectivity index (χ3n) is 6.97. The molecule has 0 radical (unpaired) electrons. The molecule has 0 aromatic heterocycles. The van der Waals surface area contributed by atoms with Gasteiger partial charge in [-0.2, -0.15) is 0 Å². The van der Waals surface area contributed by atoms with E-state index in [2.05, 4.69) is 22.8 Å². The summed E-state index contributed by atoms with van der Waals surface area (Å²) < 4.78 is 5.59. The second kappa shape index (κ2) is 9.25. The van der Waals surface area contributed by atoms with E-state index >= 15 is 0 Å².